The van der Waals surface area contributed by atoms with Crippen molar-refractivity contribution in [3.63, 3.8) is 0 Å². The molecule has 0 spiro atoms. The van der Waals surface area contributed by atoms with Crippen LogP contribution in [-0.2, 0) is 17.1 Å². The van der Waals surface area contributed by atoms with Crippen LogP contribution in [0.15, 0.2) is 53.9 Å². The van der Waals surface area contributed by atoms with Crippen LogP contribution in [0.5, 0.6) is 0 Å². The topological polar surface area (TPSA) is 92.7 Å². The number of benzene rings is 2. The van der Waals surface area contributed by atoms with Crippen molar-refractivity contribution >= 4 is 38.3 Å². The van der Waals surface area contributed by atoms with E-state index in [1.807, 2.05) is 6.07 Å². The molecule has 0 bridgehead atoms. The number of hydrogen-bond donors (Lipinski definition) is 2. The molecule has 10 heteroatoms. The van der Waals surface area contributed by atoms with Gasteiger partial charge in [0.15, 0.2) is 16.7 Å². The van der Waals surface area contributed by atoms with Crippen LogP contribution in [0.2, 0.25) is 5.02 Å². The fourth-order valence-corrected chi connectivity index (χ4v) is 3.97. The predicted molar refractivity (Wildman–Crippen MR) is 101 cm³/mol. The SMILES string of the molecule is Cn1cnc(S(=O)(=O)Nc2n[nH]c3c(F)c(Cl)c(-c4ccccc4)cc23)c1. The molecule has 27 heavy (non-hydrogen) atoms. The Bertz CT molecular complexity index is 1250. The molecule has 0 aliphatic carbocycles. The number of imidazole rings is 1. The van der Waals surface area contributed by atoms with E-state index in [0.29, 0.717) is 11.1 Å². The second kappa shape index (κ2) is 6.36. The van der Waals surface area contributed by atoms with Crippen LogP contribution in [0, 0.1) is 5.82 Å². The lowest BCUT2D eigenvalue weighted by Gasteiger charge is -2.08. The van der Waals surface area contributed by atoms with Crippen LogP contribution >= 0.6 is 11.6 Å². The molecule has 0 radical (unpaired) electrons. The van der Waals surface area contributed by atoms with E-state index in [1.54, 1.807) is 37.4 Å². The van der Waals surface area contributed by atoms with Gasteiger partial charge in [-0.3, -0.25) is 9.82 Å². The summed E-state index contributed by atoms with van der Waals surface area (Å²) in [6.45, 7) is 0. The zero-order valence-corrected chi connectivity index (χ0v) is 15.5. The second-order valence-electron chi connectivity index (χ2n) is 5.90. The number of aromatic amines is 1. The van der Waals surface area contributed by atoms with Crippen molar-refractivity contribution < 1.29 is 12.8 Å². The summed E-state index contributed by atoms with van der Waals surface area (Å²) in [5.74, 6) is -0.743. The van der Waals surface area contributed by atoms with E-state index in [4.69, 9.17) is 11.6 Å². The van der Waals surface area contributed by atoms with Gasteiger partial charge in [0.2, 0.25) is 0 Å². The monoisotopic (exact) mass is 405 g/mol. The first-order valence-corrected chi connectivity index (χ1v) is 9.65. The van der Waals surface area contributed by atoms with Gasteiger partial charge in [-0.2, -0.15) is 13.5 Å². The Kier molecular flexibility index (Phi) is 4.12. The second-order valence-corrected chi connectivity index (χ2v) is 7.90. The van der Waals surface area contributed by atoms with Gasteiger partial charge in [-0.15, -0.1) is 0 Å². The number of fused-ring (bicyclic) bond motifs is 1. The summed E-state index contributed by atoms with van der Waals surface area (Å²) in [6, 6.07) is 10.6. The van der Waals surface area contributed by atoms with Crippen molar-refractivity contribution in [1.29, 1.82) is 0 Å². The molecule has 0 aliphatic heterocycles. The lowest BCUT2D eigenvalue weighted by Crippen LogP contribution is -2.13. The summed E-state index contributed by atoms with van der Waals surface area (Å²) in [6.07, 6.45) is 2.72. The minimum absolute atomic E-state index is 0.0124. The highest BCUT2D eigenvalue weighted by Gasteiger charge is 2.23. The maximum Gasteiger partial charge on any atom is 0.282 e. The minimum Gasteiger partial charge on any atom is -0.339 e. The van der Waals surface area contributed by atoms with Gasteiger partial charge >= 0.3 is 0 Å². The molecule has 0 atom stereocenters. The molecule has 0 saturated carbocycles. The van der Waals surface area contributed by atoms with Crippen LogP contribution in [0.1, 0.15) is 0 Å². The van der Waals surface area contributed by atoms with Gasteiger partial charge in [-0.05, 0) is 11.6 Å². The molecule has 0 saturated heterocycles. The quantitative estimate of drug-likeness (QED) is 0.543. The third kappa shape index (κ3) is 3.04. The minimum atomic E-state index is -3.97. The molecule has 0 aliphatic rings. The molecule has 0 unspecified atom stereocenters. The van der Waals surface area contributed by atoms with E-state index in [1.165, 1.54) is 17.1 Å². The average Bonchev–Trinajstić information content (AvgIpc) is 3.26. The summed E-state index contributed by atoms with van der Waals surface area (Å²) < 4.78 is 43.6. The number of nitrogens with one attached hydrogen (secondary N) is 2. The predicted octanol–water partition coefficient (Wildman–Crippen LogP) is 3.56. The molecule has 138 valence electrons. The van der Waals surface area contributed by atoms with Crippen molar-refractivity contribution in [1.82, 2.24) is 19.7 Å². The Morgan fingerprint density at radius 2 is 2.00 bits per heavy atom. The maximum absolute atomic E-state index is 14.7. The van der Waals surface area contributed by atoms with E-state index in [0.717, 1.165) is 0 Å². The number of anilines is 1. The highest BCUT2D eigenvalue weighted by atomic mass is 35.5. The zero-order valence-electron chi connectivity index (χ0n) is 13.9. The van der Waals surface area contributed by atoms with Gasteiger partial charge in [0, 0.05) is 24.2 Å². The first-order valence-electron chi connectivity index (χ1n) is 7.79. The molecule has 2 aromatic carbocycles. The molecule has 2 aromatic heterocycles. The molecule has 2 heterocycles. The number of halogens is 2. The number of H-pyrrole nitrogens is 1. The van der Waals surface area contributed by atoms with E-state index < -0.39 is 15.8 Å². The molecule has 0 amide bonds. The molecular weight excluding hydrogens is 393 g/mol. The Labute approximate surface area is 158 Å². The Hall–Kier alpha value is -2.91. The third-order valence-corrected chi connectivity index (χ3v) is 5.61. The summed E-state index contributed by atoms with van der Waals surface area (Å²) in [5, 5.41) is 6.41. The number of aromatic nitrogens is 4. The lowest BCUT2D eigenvalue weighted by atomic mass is 10.0. The van der Waals surface area contributed by atoms with Crippen LogP contribution in [0.4, 0.5) is 10.2 Å². The smallest absolute Gasteiger partial charge is 0.282 e. The van der Waals surface area contributed by atoms with E-state index in [-0.39, 0.29) is 26.8 Å². The van der Waals surface area contributed by atoms with Crippen LogP contribution in [-0.4, -0.2) is 28.2 Å². The van der Waals surface area contributed by atoms with E-state index >= 15 is 0 Å². The lowest BCUT2D eigenvalue weighted by molar-refractivity contribution is 0.598. The third-order valence-electron chi connectivity index (χ3n) is 4.01. The van der Waals surface area contributed by atoms with Gasteiger partial charge in [0.25, 0.3) is 10.0 Å². The van der Waals surface area contributed by atoms with E-state index in [2.05, 4.69) is 19.9 Å². The highest BCUT2D eigenvalue weighted by Crippen LogP contribution is 2.37. The molecule has 2 N–H and O–H groups in total. The molecule has 7 nitrogen and oxygen atoms in total. The van der Waals surface area contributed by atoms with Gasteiger partial charge in [0.05, 0.1) is 11.3 Å². The van der Waals surface area contributed by atoms with Crippen molar-refractivity contribution in [2.45, 2.75) is 5.03 Å². The first-order chi connectivity index (χ1) is 12.9. The van der Waals surface area contributed by atoms with Crippen LogP contribution in [0.3, 0.4) is 0 Å². The number of hydrogen-bond acceptors (Lipinski definition) is 4. The van der Waals surface area contributed by atoms with Gasteiger partial charge in [-0.1, -0.05) is 41.9 Å². The molecule has 4 aromatic rings. The standard InChI is InChI=1S/C17H13ClFN5O2S/c1-24-8-13(20-9-24)27(25,26)23-17-12-7-11(10-5-3-2-4-6-10)14(18)15(19)16(12)21-22-17/h2-9H,1H3,(H2,21,22,23). The summed E-state index contributed by atoms with van der Waals surface area (Å²) in [4.78, 5) is 3.82. The number of aryl methyl sites for hydroxylation is 1. The summed E-state index contributed by atoms with van der Waals surface area (Å²) in [7, 11) is -2.32. The molecular formula is C17H13ClFN5O2S. The van der Waals surface area contributed by atoms with Crippen molar-refractivity contribution in [3.05, 3.63) is 59.8 Å². The van der Waals surface area contributed by atoms with Crippen molar-refractivity contribution in [2.75, 3.05) is 4.72 Å². The summed E-state index contributed by atoms with van der Waals surface area (Å²) in [5.41, 5.74) is 1.14. The average molecular weight is 406 g/mol. The Balaban J connectivity index is 1.85. The number of nitrogens with zero attached hydrogens (tertiary/aromatic N) is 3. The molecule has 0 fully saturated rings. The van der Waals surface area contributed by atoms with Crippen molar-refractivity contribution in [3.8, 4) is 11.1 Å². The van der Waals surface area contributed by atoms with Gasteiger partial charge in [0.1, 0.15) is 5.52 Å². The van der Waals surface area contributed by atoms with Crippen LogP contribution in [0.25, 0.3) is 22.0 Å². The number of sulfonamides is 1. The van der Waals surface area contributed by atoms with E-state index in [9.17, 15) is 12.8 Å². The fourth-order valence-electron chi connectivity index (χ4n) is 2.71. The number of rotatable bonds is 4. The Morgan fingerprint density at radius 3 is 2.67 bits per heavy atom. The largest absolute Gasteiger partial charge is 0.339 e. The van der Waals surface area contributed by atoms with Gasteiger partial charge in [-0.25, -0.2) is 9.37 Å². The normalized spacial score (nSPS) is 11.8. The Morgan fingerprint density at radius 1 is 1.26 bits per heavy atom. The summed E-state index contributed by atoms with van der Waals surface area (Å²) >= 11 is 6.17. The zero-order chi connectivity index (χ0) is 19.2. The molecule has 4 rings (SSSR count). The fraction of sp³-hybridized carbons (Fsp3) is 0.0588. The van der Waals surface area contributed by atoms with Gasteiger partial charge < -0.3 is 4.57 Å². The maximum atomic E-state index is 14.7. The first kappa shape index (κ1) is 17.5. The van der Waals surface area contributed by atoms with Crippen molar-refractivity contribution in [2.24, 2.45) is 7.05 Å². The van der Waals surface area contributed by atoms with Crippen LogP contribution < -0.4 is 4.72 Å². The highest BCUT2D eigenvalue weighted by molar-refractivity contribution is 7.92.